The Balaban J connectivity index is 1.71. The smallest absolute Gasteiger partial charge is 0.306 e. The molecule has 6 heteroatoms. The monoisotopic (exact) mass is 466 g/mol. The third kappa shape index (κ3) is 4.10. The Bertz CT molecular complexity index is 1110. The molecule has 0 unspecified atom stereocenters. The minimum Gasteiger partial charge on any atom is -0.481 e. The SMILES string of the molecule is Cc1c(-c2ccccc2)nc2ccc(Br)cc2c1C(=O)NC1CCC(C(=O)O)CC1. The number of carboxylic acid groups (broad SMARTS) is 1. The fraction of sp³-hybridized carbons (Fsp3) is 0.292. The van der Waals surface area contributed by atoms with E-state index in [-0.39, 0.29) is 17.9 Å². The van der Waals surface area contributed by atoms with Crippen LogP contribution in [0.15, 0.2) is 53.0 Å². The maximum atomic E-state index is 13.4. The van der Waals surface area contributed by atoms with Crippen molar-refractivity contribution < 1.29 is 14.7 Å². The Morgan fingerprint density at radius 1 is 1.07 bits per heavy atom. The number of carbonyl (C=O) groups excluding carboxylic acids is 1. The van der Waals surface area contributed by atoms with Crippen molar-refractivity contribution in [3.8, 4) is 11.3 Å². The zero-order valence-corrected chi connectivity index (χ0v) is 18.3. The van der Waals surface area contributed by atoms with Crippen LogP contribution in [0.1, 0.15) is 41.6 Å². The van der Waals surface area contributed by atoms with Gasteiger partial charge in [-0.2, -0.15) is 0 Å². The van der Waals surface area contributed by atoms with E-state index in [1.807, 2.05) is 55.5 Å². The number of nitrogens with zero attached hydrogens (tertiary/aromatic N) is 1. The lowest BCUT2D eigenvalue weighted by atomic mass is 9.86. The van der Waals surface area contributed by atoms with Gasteiger partial charge in [0, 0.05) is 21.5 Å². The Hall–Kier alpha value is -2.73. The molecule has 1 aromatic heterocycles. The second-order valence-electron chi connectivity index (χ2n) is 7.85. The topological polar surface area (TPSA) is 79.3 Å². The molecular weight excluding hydrogens is 444 g/mol. The summed E-state index contributed by atoms with van der Waals surface area (Å²) in [6, 6.07) is 15.6. The van der Waals surface area contributed by atoms with Gasteiger partial charge in [0.05, 0.1) is 22.7 Å². The summed E-state index contributed by atoms with van der Waals surface area (Å²) in [5.74, 6) is -1.18. The van der Waals surface area contributed by atoms with Gasteiger partial charge in [0.15, 0.2) is 0 Å². The molecule has 1 amide bonds. The first-order valence-electron chi connectivity index (χ1n) is 10.1. The predicted octanol–water partition coefficient (Wildman–Crippen LogP) is 5.35. The van der Waals surface area contributed by atoms with Crippen LogP contribution >= 0.6 is 15.9 Å². The van der Waals surface area contributed by atoms with E-state index < -0.39 is 5.97 Å². The van der Waals surface area contributed by atoms with E-state index in [4.69, 9.17) is 4.98 Å². The number of nitrogens with one attached hydrogen (secondary N) is 1. The highest BCUT2D eigenvalue weighted by Crippen LogP contribution is 2.32. The molecule has 0 saturated heterocycles. The summed E-state index contributed by atoms with van der Waals surface area (Å²) in [4.78, 5) is 29.4. The van der Waals surface area contributed by atoms with Crippen LogP contribution in [0.4, 0.5) is 0 Å². The molecule has 0 atom stereocenters. The molecule has 2 aromatic carbocycles. The van der Waals surface area contributed by atoms with Crippen LogP contribution in [0.5, 0.6) is 0 Å². The highest BCUT2D eigenvalue weighted by Gasteiger charge is 2.28. The van der Waals surface area contributed by atoms with Crippen LogP contribution in [0.25, 0.3) is 22.2 Å². The molecule has 2 N–H and O–H groups in total. The van der Waals surface area contributed by atoms with Crippen molar-refractivity contribution >= 4 is 38.7 Å². The van der Waals surface area contributed by atoms with Gasteiger partial charge >= 0.3 is 5.97 Å². The molecule has 5 nitrogen and oxygen atoms in total. The van der Waals surface area contributed by atoms with Crippen LogP contribution in [-0.2, 0) is 4.79 Å². The highest BCUT2D eigenvalue weighted by atomic mass is 79.9. The van der Waals surface area contributed by atoms with Gasteiger partial charge in [-0.05, 0) is 56.4 Å². The first-order valence-corrected chi connectivity index (χ1v) is 10.9. The third-order valence-corrected chi connectivity index (χ3v) is 6.37. The summed E-state index contributed by atoms with van der Waals surface area (Å²) in [5.41, 5.74) is 3.99. The molecule has 1 aliphatic rings. The summed E-state index contributed by atoms with van der Waals surface area (Å²) in [5, 5.41) is 13.2. The van der Waals surface area contributed by atoms with Crippen LogP contribution in [0.2, 0.25) is 0 Å². The van der Waals surface area contributed by atoms with Crippen LogP contribution < -0.4 is 5.32 Å². The number of fused-ring (bicyclic) bond motifs is 1. The highest BCUT2D eigenvalue weighted by molar-refractivity contribution is 9.10. The average molecular weight is 467 g/mol. The molecule has 0 spiro atoms. The maximum Gasteiger partial charge on any atom is 0.306 e. The minimum atomic E-state index is -0.742. The molecule has 0 bridgehead atoms. The van der Waals surface area contributed by atoms with Crippen molar-refractivity contribution in [2.45, 2.75) is 38.6 Å². The third-order valence-electron chi connectivity index (χ3n) is 5.88. The summed E-state index contributed by atoms with van der Waals surface area (Å²) < 4.78 is 0.889. The normalized spacial score (nSPS) is 18.9. The fourth-order valence-corrected chi connectivity index (χ4v) is 4.60. The Morgan fingerprint density at radius 2 is 1.77 bits per heavy atom. The van der Waals surface area contributed by atoms with E-state index in [1.54, 1.807) is 0 Å². The number of aliphatic carboxylic acids is 1. The zero-order chi connectivity index (χ0) is 21.3. The number of carbonyl (C=O) groups is 2. The van der Waals surface area contributed by atoms with Gasteiger partial charge in [-0.3, -0.25) is 9.59 Å². The molecule has 154 valence electrons. The Labute approximate surface area is 183 Å². The average Bonchev–Trinajstić information content (AvgIpc) is 2.74. The van der Waals surface area contributed by atoms with Crippen molar-refractivity contribution in [1.82, 2.24) is 10.3 Å². The number of aromatic nitrogens is 1. The standard InChI is InChI=1S/C24H23BrN2O3/c1-14-21(23(28)26-18-10-7-16(8-11-18)24(29)30)19-13-17(25)9-12-20(19)27-22(14)15-5-3-2-4-6-15/h2-6,9,12-13,16,18H,7-8,10-11H2,1H3,(H,26,28)(H,29,30). The first-order chi connectivity index (χ1) is 14.4. The molecule has 1 saturated carbocycles. The lowest BCUT2D eigenvalue weighted by molar-refractivity contribution is -0.142. The van der Waals surface area contributed by atoms with Crippen molar-refractivity contribution in [2.75, 3.05) is 0 Å². The molecule has 0 radical (unpaired) electrons. The molecule has 4 rings (SSSR count). The number of amides is 1. The van der Waals surface area contributed by atoms with E-state index in [2.05, 4.69) is 21.2 Å². The van der Waals surface area contributed by atoms with Gasteiger partial charge in [-0.1, -0.05) is 46.3 Å². The van der Waals surface area contributed by atoms with Crippen LogP contribution in [0.3, 0.4) is 0 Å². The number of carboxylic acids is 1. The summed E-state index contributed by atoms with van der Waals surface area (Å²) in [7, 11) is 0. The Kier molecular flexibility index (Phi) is 5.86. The molecule has 1 heterocycles. The van der Waals surface area contributed by atoms with Gasteiger partial charge in [0.1, 0.15) is 0 Å². The molecule has 30 heavy (non-hydrogen) atoms. The van der Waals surface area contributed by atoms with Gasteiger partial charge in [0.25, 0.3) is 5.91 Å². The second-order valence-corrected chi connectivity index (χ2v) is 8.76. The van der Waals surface area contributed by atoms with Crippen molar-refractivity contribution in [2.24, 2.45) is 5.92 Å². The Morgan fingerprint density at radius 3 is 2.43 bits per heavy atom. The van der Waals surface area contributed by atoms with Gasteiger partial charge in [-0.25, -0.2) is 4.98 Å². The van der Waals surface area contributed by atoms with E-state index in [1.165, 1.54) is 0 Å². The first kappa shape index (κ1) is 20.5. The fourth-order valence-electron chi connectivity index (χ4n) is 4.24. The second kappa shape index (κ2) is 8.56. The number of rotatable bonds is 4. The number of hydrogen-bond acceptors (Lipinski definition) is 3. The molecule has 1 aliphatic carbocycles. The zero-order valence-electron chi connectivity index (χ0n) is 16.7. The largest absolute Gasteiger partial charge is 0.481 e. The van der Waals surface area contributed by atoms with E-state index in [0.717, 1.165) is 32.2 Å². The predicted molar refractivity (Wildman–Crippen MR) is 120 cm³/mol. The summed E-state index contributed by atoms with van der Waals surface area (Å²) in [6.07, 6.45) is 2.55. The number of benzene rings is 2. The summed E-state index contributed by atoms with van der Waals surface area (Å²) >= 11 is 3.51. The molecule has 0 aliphatic heterocycles. The van der Waals surface area contributed by atoms with Crippen molar-refractivity contribution in [1.29, 1.82) is 0 Å². The van der Waals surface area contributed by atoms with Gasteiger partial charge in [-0.15, -0.1) is 0 Å². The van der Waals surface area contributed by atoms with Crippen LogP contribution in [0, 0.1) is 12.8 Å². The quantitative estimate of drug-likeness (QED) is 0.543. The minimum absolute atomic E-state index is 0.0111. The number of pyridine rings is 1. The van der Waals surface area contributed by atoms with E-state index >= 15 is 0 Å². The number of halogens is 1. The molecule has 1 fully saturated rings. The lowest BCUT2D eigenvalue weighted by Crippen LogP contribution is -2.39. The van der Waals surface area contributed by atoms with Gasteiger partial charge in [0.2, 0.25) is 0 Å². The molecular formula is C24H23BrN2O3. The molecule has 3 aromatic rings. The van der Waals surface area contributed by atoms with Crippen molar-refractivity contribution in [3.63, 3.8) is 0 Å². The summed E-state index contributed by atoms with van der Waals surface area (Å²) in [6.45, 7) is 1.94. The van der Waals surface area contributed by atoms with E-state index in [9.17, 15) is 14.7 Å². The number of hydrogen-bond donors (Lipinski definition) is 2. The lowest BCUT2D eigenvalue weighted by Gasteiger charge is -2.27. The van der Waals surface area contributed by atoms with Crippen molar-refractivity contribution in [3.05, 3.63) is 64.1 Å². The maximum absolute atomic E-state index is 13.4. The van der Waals surface area contributed by atoms with E-state index in [0.29, 0.717) is 31.2 Å². The van der Waals surface area contributed by atoms with Gasteiger partial charge < -0.3 is 10.4 Å². The van der Waals surface area contributed by atoms with Crippen LogP contribution in [-0.4, -0.2) is 28.0 Å².